The SMILES string of the molecule is NS(=O)(=O)c1cccc(O[C@H]2C(=O)N(Cc3ccc(-c4ccncc4)cc3)c3ccccc32)c1. The van der Waals surface area contributed by atoms with Gasteiger partial charge in [-0.2, -0.15) is 0 Å². The number of anilines is 1. The summed E-state index contributed by atoms with van der Waals surface area (Å²) in [5, 5.41) is 5.23. The van der Waals surface area contributed by atoms with E-state index in [4.69, 9.17) is 9.88 Å². The van der Waals surface area contributed by atoms with Crippen molar-refractivity contribution in [3.8, 4) is 16.9 Å². The number of pyridine rings is 1. The Morgan fingerprint density at radius 1 is 0.882 bits per heavy atom. The molecule has 1 atom stereocenters. The second-order valence-corrected chi connectivity index (χ2v) is 9.50. The van der Waals surface area contributed by atoms with Crippen LogP contribution in [0.4, 0.5) is 5.69 Å². The lowest BCUT2D eigenvalue weighted by molar-refractivity contribution is -0.124. The molecule has 0 unspecified atom stereocenters. The molecule has 1 aliphatic rings. The zero-order valence-electron chi connectivity index (χ0n) is 18.0. The van der Waals surface area contributed by atoms with E-state index in [1.807, 2.05) is 60.7 Å². The number of rotatable bonds is 6. The van der Waals surface area contributed by atoms with Crippen molar-refractivity contribution in [1.29, 1.82) is 0 Å². The van der Waals surface area contributed by atoms with Gasteiger partial charge in [0.2, 0.25) is 16.1 Å². The number of benzene rings is 3. The van der Waals surface area contributed by atoms with Gasteiger partial charge in [0, 0.05) is 24.0 Å². The van der Waals surface area contributed by atoms with Gasteiger partial charge in [-0.15, -0.1) is 0 Å². The number of primary sulfonamides is 1. The molecule has 0 aliphatic carbocycles. The van der Waals surface area contributed by atoms with Crippen LogP contribution in [0, 0.1) is 0 Å². The first-order valence-electron chi connectivity index (χ1n) is 10.6. The summed E-state index contributed by atoms with van der Waals surface area (Å²) in [7, 11) is -3.89. The zero-order valence-corrected chi connectivity index (χ0v) is 18.9. The maximum atomic E-state index is 13.4. The van der Waals surface area contributed by atoms with Crippen molar-refractivity contribution in [3.05, 3.63) is 108 Å². The Hall–Kier alpha value is -4.01. The van der Waals surface area contributed by atoms with Crippen molar-refractivity contribution >= 4 is 21.6 Å². The van der Waals surface area contributed by atoms with E-state index < -0.39 is 16.1 Å². The zero-order chi connectivity index (χ0) is 23.7. The van der Waals surface area contributed by atoms with E-state index in [1.165, 1.54) is 18.2 Å². The normalized spacial score (nSPS) is 15.3. The second kappa shape index (κ2) is 8.74. The van der Waals surface area contributed by atoms with Gasteiger partial charge in [0.25, 0.3) is 5.91 Å². The van der Waals surface area contributed by atoms with Crippen molar-refractivity contribution in [2.45, 2.75) is 17.5 Å². The van der Waals surface area contributed by atoms with Crippen LogP contribution in [0.3, 0.4) is 0 Å². The molecule has 3 aromatic carbocycles. The van der Waals surface area contributed by atoms with E-state index in [9.17, 15) is 13.2 Å². The van der Waals surface area contributed by atoms with Gasteiger partial charge in [0.15, 0.2) is 0 Å². The molecule has 0 saturated carbocycles. The average molecular weight is 472 g/mol. The lowest BCUT2D eigenvalue weighted by Crippen LogP contribution is -2.30. The van der Waals surface area contributed by atoms with Crippen molar-refractivity contribution in [2.24, 2.45) is 5.14 Å². The van der Waals surface area contributed by atoms with Crippen molar-refractivity contribution in [3.63, 3.8) is 0 Å². The molecule has 1 amide bonds. The molecule has 0 saturated heterocycles. The fourth-order valence-corrected chi connectivity index (χ4v) is 4.56. The molecule has 0 spiro atoms. The van der Waals surface area contributed by atoms with Crippen LogP contribution < -0.4 is 14.8 Å². The van der Waals surface area contributed by atoms with E-state index in [2.05, 4.69) is 4.98 Å². The molecule has 34 heavy (non-hydrogen) atoms. The average Bonchev–Trinajstić information content (AvgIpc) is 3.11. The number of aromatic nitrogens is 1. The van der Waals surface area contributed by atoms with Crippen LogP contribution in [0.25, 0.3) is 11.1 Å². The van der Waals surface area contributed by atoms with Crippen LogP contribution in [0.15, 0.2) is 102 Å². The predicted octanol–water partition coefficient (Wildman–Crippen LogP) is 4.06. The first-order valence-corrected chi connectivity index (χ1v) is 12.1. The second-order valence-electron chi connectivity index (χ2n) is 7.93. The predicted molar refractivity (Wildman–Crippen MR) is 128 cm³/mol. The number of ether oxygens (including phenoxy) is 1. The quantitative estimate of drug-likeness (QED) is 0.457. The minimum Gasteiger partial charge on any atom is -0.476 e. The first-order chi connectivity index (χ1) is 16.4. The Balaban J connectivity index is 1.40. The number of carbonyl (C=O) groups excluding carboxylic acids is 1. The van der Waals surface area contributed by atoms with E-state index in [-0.39, 0.29) is 16.6 Å². The number of hydrogen-bond donors (Lipinski definition) is 1. The third-order valence-electron chi connectivity index (χ3n) is 5.70. The number of nitrogens with two attached hydrogens (primary N) is 1. The Morgan fingerprint density at radius 2 is 1.59 bits per heavy atom. The molecule has 2 heterocycles. The standard InChI is InChI=1S/C26H21N3O4S/c27-34(31,32)22-5-3-4-21(16-22)33-25-23-6-1-2-7-24(23)29(26(25)30)17-18-8-10-19(11-9-18)20-12-14-28-15-13-20/h1-16,25H,17H2,(H2,27,31,32)/t25-/m1/s1. The number of carbonyl (C=O) groups is 1. The van der Waals surface area contributed by atoms with Crippen LogP contribution in [-0.2, 0) is 21.4 Å². The lowest BCUT2D eigenvalue weighted by atomic mass is 10.0. The van der Waals surface area contributed by atoms with Gasteiger partial charge in [-0.05, 0) is 47.0 Å². The Kier molecular flexibility index (Phi) is 5.61. The summed E-state index contributed by atoms with van der Waals surface area (Å²) in [5.41, 5.74) is 4.59. The number of fused-ring (bicyclic) bond motifs is 1. The van der Waals surface area contributed by atoms with E-state index >= 15 is 0 Å². The Bertz CT molecular complexity index is 1460. The molecule has 0 radical (unpaired) electrons. The maximum Gasteiger partial charge on any atom is 0.273 e. The summed E-state index contributed by atoms with van der Waals surface area (Å²) in [4.78, 5) is 19.1. The largest absolute Gasteiger partial charge is 0.476 e. The summed E-state index contributed by atoms with van der Waals surface area (Å²) in [6.45, 7) is 0.379. The summed E-state index contributed by atoms with van der Waals surface area (Å²) < 4.78 is 29.4. The molecule has 8 heteroatoms. The monoisotopic (exact) mass is 471 g/mol. The van der Waals surface area contributed by atoms with Crippen LogP contribution >= 0.6 is 0 Å². The van der Waals surface area contributed by atoms with Gasteiger partial charge >= 0.3 is 0 Å². The fourth-order valence-electron chi connectivity index (χ4n) is 4.02. The topological polar surface area (TPSA) is 103 Å². The van der Waals surface area contributed by atoms with Gasteiger partial charge in [0.1, 0.15) is 5.75 Å². The summed E-state index contributed by atoms with van der Waals surface area (Å²) in [6, 6.07) is 25.2. The molecule has 0 fully saturated rings. The van der Waals surface area contributed by atoms with Crippen molar-refractivity contribution in [2.75, 3.05) is 4.90 Å². The summed E-state index contributed by atoms with van der Waals surface area (Å²) >= 11 is 0. The first kappa shape index (κ1) is 21.8. The van der Waals surface area contributed by atoms with Gasteiger partial charge in [-0.1, -0.05) is 48.5 Å². The fraction of sp³-hybridized carbons (Fsp3) is 0.0769. The van der Waals surface area contributed by atoms with E-state index in [0.717, 1.165) is 27.9 Å². The highest BCUT2D eigenvalue weighted by atomic mass is 32.2. The molecule has 170 valence electrons. The number of hydrogen-bond acceptors (Lipinski definition) is 5. The van der Waals surface area contributed by atoms with E-state index in [1.54, 1.807) is 23.4 Å². The number of nitrogens with zero attached hydrogens (tertiary/aromatic N) is 2. The van der Waals surface area contributed by atoms with Crippen LogP contribution in [-0.4, -0.2) is 19.3 Å². The molecule has 7 nitrogen and oxygen atoms in total. The molecule has 0 bridgehead atoms. The van der Waals surface area contributed by atoms with E-state index in [0.29, 0.717) is 6.54 Å². The molecule has 1 aliphatic heterocycles. The van der Waals surface area contributed by atoms with Crippen LogP contribution in [0.1, 0.15) is 17.2 Å². The number of sulfonamides is 1. The van der Waals surface area contributed by atoms with Crippen molar-refractivity contribution < 1.29 is 17.9 Å². The molecular weight excluding hydrogens is 450 g/mol. The highest BCUT2D eigenvalue weighted by Gasteiger charge is 2.38. The molecule has 2 N–H and O–H groups in total. The maximum absolute atomic E-state index is 13.4. The van der Waals surface area contributed by atoms with Gasteiger partial charge in [-0.25, -0.2) is 13.6 Å². The third-order valence-corrected chi connectivity index (χ3v) is 6.61. The highest BCUT2D eigenvalue weighted by molar-refractivity contribution is 7.89. The molecule has 1 aromatic heterocycles. The lowest BCUT2D eigenvalue weighted by Gasteiger charge is -2.19. The molecular formula is C26H21N3O4S. The Morgan fingerprint density at radius 3 is 2.32 bits per heavy atom. The summed E-state index contributed by atoms with van der Waals surface area (Å²) in [6.07, 6.45) is 2.62. The van der Waals surface area contributed by atoms with Gasteiger partial charge < -0.3 is 9.64 Å². The minimum absolute atomic E-state index is 0.0742. The Labute approximate surface area is 197 Å². The number of para-hydroxylation sites is 1. The minimum atomic E-state index is -3.89. The smallest absolute Gasteiger partial charge is 0.273 e. The number of amides is 1. The highest BCUT2D eigenvalue weighted by Crippen LogP contribution is 2.39. The van der Waals surface area contributed by atoms with Crippen molar-refractivity contribution in [1.82, 2.24) is 4.98 Å². The molecule has 4 aromatic rings. The third kappa shape index (κ3) is 4.28. The van der Waals surface area contributed by atoms with Gasteiger partial charge in [-0.3, -0.25) is 9.78 Å². The van der Waals surface area contributed by atoms with Crippen LogP contribution in [0.5, 0.6) is 5.75 Å². The molecule has 5 rings (SSSR count). The summed E-state index contributed by atoms with van der Waals surface area (Å²) in [5.74, 6) is 0.0312. The van der Waals surface area contributed by atoms with Gasteiger partial charge in [0.05, 0.1) is 17.1 Å². The van der Waals surface area contributed by atoms with Crippen LogP contribution in [0.2, 0.25) is 0 Å².